The molecule has 1 unspecified atom stereocenters. The average molecular weight is 372 g/mol. The maximum atomic E-state index is 5.99. The van der Waals surface area contributed by atoms with Crippen LogP contribution in [-0.2, 0) is 5.75 Å². The standard InChI is InChI=1S/C16H22BrNO2S/c1-4-5-18-15-13-10(9-21-16(15,2)3)11(17)8-12-14(13)20-7-6-19-12/h8,15,18H,4-7,9H2,1-3H3. The van der Waals surface area contributed by atoms with Gasteiger partial charge in [0.15, 0.2) is 11.5 Å². The molecule has 0 aliphatic carbocycles. The molecule has 21 heavy (non-hydrogen) atoms. The minimum Gasteiger partial charge on any atom is -0.486 e. The summed E-state index contributed by atoms with van der Waals surface area (Å²) in [6.45, 7) is 9.09. The van der Waals surface area contributed by atoms with E-state index in [1.807, 2.05) is 11.8 Å². The zero-order valence-corrected chi connectivity index (χ0v) is 15.2. The second-order valence-corrected chi connectivity index (χ2v) is 8.54. The van der Waals surface area contributed by atoms with Crippen LogP contribution in [0.25, 0.3) is 0 Å². The third kappa shape index (κ3) is 2.80. The Morgan fingerprint density at radius 3 is 2.90 bits per heavy atom. The molecule has 0 bridgehead atoms. The van der Waals surface area contributed by atoms with Gasteiger partial charge in [0.2, 0.25) is 0 Å². The highest BCUT2D eigenvalue weighted by molar-refractivity contribution is 9.10. The predicted molar refractivity (Wildman–Crippen MR) is 91.5 cm³/mol. The molecule has 0 saturated carbocycles. The summed E-state index contributed by atoms with van der Waals surface area (Å²) in [7, 11) is 0. The first-order valence-electron chi connectivity index (χ1n) is 7.52. The Morgan fingerprint density at radius 2 is 2.14 bits per heavy atom. The molecule has 1 atom stereocenters. The number of rotatable bonds is 3. The summed E-state index contributed by atoms with van der Waals surface area (Å²) in [6.07, 6.45) is 1.13. The number of ether oxygens (including phenoxy) is 2. The van der Waals surface area contributed by atoms with E-state index in [-0.39, 0.29) is 10.8 Å². The lowest BCUT2D eigenvalue weighted by molar-refractivity contribution is 0.167. The van der Waals surface area contributed by atoms with Crippen LogP contribution >= 0.6 is 27.7 Å². The van der Waals surface area contributed by atoms with Gasteiger partial charge in [-0.05, 0) is 38.4 Å². The molecule has 0 amide bonds. The number of thioether (sulfide) groups is 1. The lowest BCUT2D eigenvalue weighted by Crippen LogP contribution is -2.41. The van der Waals surface area contributed by atoms with Crippen LogP contribution in [0.15, 0.2) is 10.5 Å². The molecule has 1 aromatic carbocycles. The number of nitrogens with one attached hydrogen (secondary N) is 1. The Bertz CT molecular complexity index is 548. The average Bonchev–Trinajstić information content (AvgIpc) is 2.45. The Labute approximate surface area is 139 Å². The third-order valence-corrected chi connectivity index (χ3v) is 6.22. The van der Waals surface area contributed by atoms with E-state index >= 15 is 0 Å². The van der Waals surface area contributed by atoms with Crippen molar-refractivity contribution in [3.05, 3.63) is 21.7 Å². The van der Waals surface area contributed by atoms with Crippen LogP contribution in [0.5, 0.6) is 11.5 Å². The summed E-state index contributed by atoms with van der Waals surface area (Å²) in [5, 5.41) is 3.72. The highest BCUT2D eigenvalue weighted by Crippen LogP contribution is 2.53. The smallest absolute Gasteiger partial charge is 0.166 e. The molecule has 2 heterocycles. The molecule has 0 saturated heterocycles. The molecular weight excluding hydrogens is 350 g/mol. The number of fused-ring (bicyclic) bond motifs is 3. The Morgan fingerprint density at radius 1 is 1.38 bits per heavy atom. The van der Waals surface area contributed by atoms with Crippen molar-refractivity contribution in [1.82, 2.24) is 5.32 Å². The fraction of sp³-hybridized carbons (Fsp3) is 0.625. The van der Waals surface area contributed by atoms with Crippen molar-refractivity contribution in [2.75, 3.05) is 19.8 Å². The fourth-order valence-electron chi connectivity index (χ4n) is 3.00. The summed E-state index contributed by atoms with van der Waals surface area (Å²) >= 11 is 5.72. The number of hydrogen-bond acceptors (Lipinski definition) is 4. The van der Waals surface area contributed by atoms with E-state index < -0.39 is 0 Å². The van der Waals surface area contributed by atoms with Crippen LogP contribution in [0.4, 0.5) is 0 Å². The van der Waals surface area contributed by atoms with E-state index in [4.69, 9.17) is 9.47 Å². The van der Waals surface area contributed by atoms with Gasteiger partial charge in [0.25, 0.3) is 0 Å². The van der Waals surface area contributed by atoms with Gasteiger partial charge < -0.3 is 14.8 Å². The summed E-state index contributed by atoms with van der Waals surface area (Å²) in [5.74, 6) is 2.82. The van der Waals surface area contributed by atoms with Crippen LogP contribution in [0, 0.1) is 0 Å². The minimum atomic E-state index is 0.136. The molecule has 3 nitrogen and oxygen atoms in total. The summed E-state index contributed by atoms with van der Waals surface area (Å²) in [4.78, 5) is 0. The molecule has 3 rings (SSSR count). The minimum absolute atomic E-state index is 0.136. The number of hydrogen-bond donors (Lipinski definition) is 1. The summed E-state index contributed by atoms with van der Waals surface area (Å²) in [5.41, 5.74) is 2.63. The van der Waals surface area contributed by atoms with Gasteiger partial charge in [0.1, 0.15) is 13.2 Å². The van der Waals surface area contributed by atoms with Crippen LogP contribution in [0.1, 0.15) is 44.4 Å². The van der Waals surface area contributed by atoms with Crippen molar-refractivity contribution in [2.45, 2.75) is 43.7 Å². The van der Waals surface area contributed by atoms with Crippen molar-refractivity contribution in [2.24, 2.45) is 0 Å². The Hall–Kier alpha value is -0.390. The van der Waals surface area contributed by atoms with Gasteiger partial charge >= 0.3 is 0 Å². The van der Waals surface area contributed by atoms with Crippen molar-refractivity contribution < 1.29 is 9.47 Å². The van der Waals surface area contributed by atoms with Gasteiger partial charge in [-0.3, -0.25) is 0 Å². The van der Waals surface area contributed by atoms with Crippen LogP contribution < -0.4 is 14.8 Å². The van der Waals surface area contributed by atoms with Crippen molar-refractivity contribution >= 4 is 27.7 Å². The molecule has 2 aliphatic heterocycles. The molecule has 0 spiro atoms. The predicted octanol–water partition coefficient (Wildman–Crippen LogP) is 4.29. The Kier molecular flexibility index (Phi) is 4.44. The summed E-state index contributed by atoms with van der Waals surface area (Å²) < 4.78 is 13.1. The molecule has 2 aliphatic rings. The van der Waals surface area contributed by atoms with Crippen LogP contribution in [0.3, 0.4) is 0 Å². The van der Waals surface area contributed by atoms with Gasteiger partial charge in [0, 0.05) is 20.5 Å². The highest BCUT2D eigenvalue weighted by Gasteiger charge is 2.40. The number of halogens is 1. The zero-order chi connectivity index (χ0) is 15.0. The van der Waals surface area contributed by atoms with Crippen molar-refractivity contribution in [3.63, 3.8) is 0 Å². The molecule has 0 aromatic heterocycles. The van der Waals surface area contributed by atoms with E-state index in [9.17, 15) is 0 Å². The first-order chi connectivity index (χ1) is 10.0. The topological polar surface area (TPSA) is 30.5 Å². The maximum Gasteiger partial charge on any atom is 0.166 e. The van der Waals surface area contributed by atoms with E-state index in [2.05, 4.69) is 48.1 Å². The molecule has 5 heteroatoms. The lowest BCUT2D eigenvalue weighted by atomic mass is 9.89. The van der Waals surface area contributed by atoms with Gasteiger partial charge in [-0.2, -0.15) is 0 Å². The number of benzene rings is 1. The van der Waals surface area contributed by atoms with Gasteiger partial charge in [-0.25, -0.2) is 0 Å². The van der Waals surface area contributed by atoms with Gasteiger partial charge in [-0.15, -0.1) is 11.8 Å². The third-order valence-electron chi connectivity index (χ3n) is 4.10. The van der Waals surface area contributed by atoms with Crippen LogP contribution in [0.2, 0.25) is 0 Å². The van der Waals surface area contributed by atoms with E-state index in [0.717, 1.165) is 34.7 Å². The van der Waals surface area contributed by atoms with Crippen molar-refractivity contribution in [3.8, 4) is 11.5 Å². The van der Waals surface area contributed by atoms with Crippen LogP contribution in [-0.4, -0.2) is 24.5 Å². The van der Waals surface area contributed by atoms with Gasteiger partial charge in [-0.1, -0.05) is 22.9 Å². The fourth-order valence-corrected chi connectivity index (χ4v) is 4.94. The SMILES string of the molecule is CCCNC1c2c(c(Br)cc3c2OCCO3)CSC1(C)C. The van der Waals surface area contributed by atoms with Crippen molar-refractivity contribution in [1.29, 1.82) is 0 Å². The molecule has 1 aromatic rings. The first kappa shape index (κ1) is 15.5. The molecule has 1 N–H and O–H groups in total. The molecule has 116 valence electrons. The first-order valence-corrected chi connectivity index (χ1v) is 9.30. The Balaban J connectivity index is 2.12. The van der Waals surface area contributed by atoms with E-state index in [1.165, 1.54) is 11.1 Å². The summed E-state index contributed by atoms with van der Waals surface area (Å²) in [6, 6.07) is 2.34. The second-order valence-electron chi connectivity index (χ2n) is 6.05. The second kappa shape index (κ2) is 6.01. The highest BCUT2D eigenvalue weighted by atomic mass is 79.9. The molecule has 0 fully saturated rings. The molecule has 0 radical (unpaired) electrons. The van der Waals surface area contributed by atoms with E-state index in [1.54, 1.807) is 0 Å². The zero-order valence-electron chi connectivity index (χ0n) is 12.8. The largest absolute Gasteiger partial charge is 0.486 e. The van der Waals surface area contributed by atoms with E-state index in [0.29, 0.717) is 13.2 Å². The van der Waals surface area contributed by atoms with Gasteiger partial charge in [0.05, 0.1) is 6.04 Å². The quantitative estimate of drug-likeness (QED) is 0.858. The normalized spacial score (nSPS) is 22.8. The molecular formula is C16H22BrNO2S. The monoisotopic (exact) mass is 371 g/mol. The maximum absolute atomic E-state index is 5.99. The lowest BCUT2D eigenvalue weighted by Gasteiger charge is -2.42.